The standard InChI is InChI=1S/C16H25FN2O/c1-12(15-5-4-14(17)10-16(15)20)19(3)11-13-6-8-18(2)9-7-13/h4-5,10,12-13,20H,6-9,11H2,1-3H3. The summed E-state index contributed by atoms with van der Waals surface area (Å²) in [5.41, 5.74) is 0.793. The number of hydrogen-bond donors (Lipinski definition) is 1. The molecule has 1 aromatic carbocycles. The minimum Gasteiger partial charge on any atom is -0.508 e. The molecule has 1 N–H and O–H groups in total. The van der Waals surface area contributed by atoms with Gasteiger partial charge in [-0.25, -0.2) is 4.39 Å². The van der Waals surface area contributed by atoms with Crippen LogP contribution >= 0.6 is 0 Å². The molecule has 2 rings (SSSR count). The SMILES string of the molecule is CC(c1ccc(F)cc1O)N(C)CC1CCN(C)CC1. The quantitative estimate of drug-likeness (QED) is 0.918. The van der Waals surface area contributed by atoms with Gasteiger partial charge in [-0.2, -0.15) is 0 Å². The lowest BCUT2D eigenvalue weighted by Gasteiger charge is -2.34. The van der Waals surface area contributed by atoms with Gasteiger partial charge in [0.05, 0.1) is 0 Å². The Balaban J connectivity index is 1.96. The van der Waals surface area contributed by atoms with Crippen molar-refractivity contribution >= 4 is 0 Å². The summed E-state index contributed by atoms with van der Waals surface area (Å²) in [4.78, 5) is 4.62. The fraction of sp³-hybridized carbons (Fsp3) is 0.625. The minimum atomic E-state index is -0.392. The van der Waals surface area contributed by atoms with Crippen molar-refractivity contribution in [2.45, 2.75) is 25.8 Å². The number of phenols is 1. The Kier molecular flexibility index (Phi) is 5.00. The fourth-order valence-electron chi connectivity index (χ4n) is 2.92. The second kappa shape index (κ2) is 6.55. The van der Waals surface area contributed by atoms with Crippen molar-refractivity contribution in [3.63, 3.8) is 0 Å². The second-order valence-corrected chi connectivity index (χ2v) is 6.07. The predicted molar refractivity (Wildman–Crippen MR) is 79.3 cm³/mol. The molecule has 1 heterocycles. The van der Waals surface area contributed by atoms with Crippen LogP contribution in [0.25, 0.3) is 0 Å². The summed E-state index contributed by atoms with van der Waals surface area (Å²) in [5.74, 6) is 0.366. The van der Waals surface area contributed by atoms with Crippen molar-refractivity contribution in [3.05, 3.63) is 29.6 Å². The predicted octanol–water partition coefficient (Wildman–Crippen LogP) is 2.87. The highest BCUT2D eigenvalue weighted by Gasteiger charge is 2.22. The van der Waals surface area contributed by atoms with Gasteiger partial charge in [-0.15, -0.1) is 0 Å². The third kappa shape index (κ3) is 3.70. The van der Waals surface area contributed by atoms with Crippen molar-refractivity contribution in [2.24, 2.45) is 5.92 Å². The molecule has 0 bridgehead atoms. The number of phenolic OH excluding ortho intramolecular Hbond substituents is 1. The Bertz CT molecular complexity index is 444. The van der Waals surface area contributed by atoms with Crippen LogP contribution in [0.2, 0.25) is 0 Å². The third-order valence-electron chi connectivity index (χ3n) is 4.49. The van der Waals surface area contributed by atoms with E-state index in [0.29, 0.717) is 5.92 Å². The number of rotatable bonds is 4. The summed E-state index contributed by atoms with van der Waals surface area (Å²) >= 11 is 0. The van der Waals surface area contributed by atoms with Crippen LogP contribution in [-0.4, -0.2) is 48.6 Å². The van der Waals surface area contributed by atoms with Crippen LogP contribution in [0.3, 0.4) is 0 Å². The molecule has 3 nitrogen and oxygen atoms in total. The van der Waals surface area contributed by atoms with Gasteiger partial charge in [0.25, 0.3) is 0 Å². The third-order valence-corrected chi connectivity index (χ3v) is 4.49. The van der Waals surface area contributed by atoms with Gasteiger partial charge in [0.15, 0.2) is 0 Å². The van der Waals surface area contributed by atoms with E-state index in [1.54, 1.807) is 6.07 Å². The largest absolute Gasteiger partial charge is 0.508 e. The van der Waals surface area contributed by atoms with E-state index in [2.05, 4.69) is 30.8 Å². The maximum atomic E-state index is 13.0. The van der Waals surface area contributed by atoms with E-state index in [1.165, 1.54) is 25.0 Å². The van der Waals surface area contributed by atoms with Crippen LogP contribution in [0, 0.1) is 11.7 Å². The maximum absolute atomic E-state index is 13.0. The lowest BCUT2D eigenvalue weighted by Crippen LogP contribution is -2.36. The van der Waals surface area contributed by atoms with Crippen LogP contribution in [0.1, 0.15) is 31.4 Å². The molecule has 1 atom stereocenters. The van der Waals surface area contributed by atoms with E-state index in [1.807, 2.05) is 0 Å². The van der Waals surface area contributed by atoms with Gasteiger partial charge in [0, 0.05) is 24.2 Å². The molecule has 0 amide bonds. The zero-order chi connectivity index (χ0) is 14.7. The van der Waals surface area contributed by atoms with Gasteiger partial charge in [0.2, 0.25) is 0 Å². The number of piperidine rings is 1. The molecule has 1 fully saturated rings. The summed E-state index contributed by atoms with van der Waals surface area (Å²) in [6.45, 7) is 5.40. The first-order chi connectivity index (χ1) is 9.47. The molecule has 1 saturated heterocycles. The molecule has 0 aromatic heterocycles. The van der Waals surface area contributed by atoms with Gasteiger partial charge in [0.1, 0.15) is 11.6 Å². The molecule has 4 heteroatoms. The van der Waals surface area contributed by atoms with Crippen LogP contribution in [0.4, 0.5) is 4.39 Å². The topological polar surface area (TPSA) is 26.7 Å². The lowest BCUT2D eigenvalue weighted by molar-refractivity contribution is 0.154. The van der Waals surface area contributed by atoms with Gasteiger partial charge in [-0.05, 0) is 58.9 Å². The van der Waals surface area contributed by atoms with E-state index in [-0.39, 0.29) is 11.8 Å². The molecule has 0 radical (unpaired) electrons. The molecule has 1 aromatic rings. The van der Waals surface area contributed by atoms with Crippen molar-refractivity contribution < 1.29 is 9.50 Å². The van der Waals surface area contributed by atoms with E-state index < -0.39 is 5.82 Å². The number of likely N-dealkylation sites (tertiary alicyclic amines) is 1. The molecule has 1 aliphatic rings. The van der Waals surface area contributed by atoms with Gasteiger partial charge < -0.3 is 10.0 Å². The van der Waals surface area contributed by atoms with Gasteiger partial charge in [-0.1, -0.05) is 6.07 Å². The Hall–Kier alpha value is -1.13. The van der Waals surface area contributed by atoms with Crippen LogP contribution < -0.4 is 0 Å². The zero-order valence-corrected chi connectivity index (χ0v) is 12.6. The Morgan fingerprint density at radius 2 is 2.05 bits per heavy atom. The highest BCUT2D eigenvalue weighted by molar-refractivity contribution is 5.34. The molecule has 0 spiro atoms. The number of halogens is 1. The first kappa shape index (κ1) is 15.3. The molecule has 112 valence electrons. The summed E-state index contributed by atoms with van der Waals surface area (Å²) in [6.07, 6.45) is 2.45. The van der Waals surface area contributed by atoms with E-state index >= 15 is 0 Å². The van der Waals surface area contributed by atoms with Gasteiger partial charge in [-0.3, -0.25) is 4.90 Å². The van der Waals surface area contributed by atoms with Crippen LogP contribution in [0.15, 0.2) is 18.2 Å². The highest BCUT2D eigenvalue weighted by atomic mass is 19.1. The van der Waals surface area contributed by atoms with E-state index in [9.17, 15) is 9.50 Å². The zero-order valence-electron chi connectivity index (χ0n) is 12.6. The number of hydrogen-bond acceptors (Lipinski definition) is 3. The summed E-state index contributed by atoms with van der Waals surface area (Å²) in [7, 11) is 4.24. The number of benzene rings is 1. The lowest BCUT2D eigenvalue weighted by atomic mass is 9.95. The molecule has 1 aliphatic heterocycles. The minimum absolute atomic E-state index is 0.0488. The molecule has 0 aliphatic carbocycles. The molecule has 20 heavy (non-hydrogen) atoms. The monoisotopic (exact) mass is 280 g/mol. The van der Waals surface area contributed by atoms with Gasteiger partial charge >= 0.3 is 0 Å². The first-order valence-electron chi connectivity index (χ1n) is 7.34. The highest BCUT2D eigenvalue weighted by Crippen LogP contribution is 2.29. The van der Waals surface area contributed by atoms with Crippen molar-refractivity contribution in [1.82, 2.24) is 9.80 Å². The maximum Gasteiger partial charge on any atom is 0.126 e. The molecular formula is C16H25FN2O. The fourth-order valence-corrected chi connectivity index (χ4v) is 2.92. The van der Waals surface area contributed by atoms with Crippen LogP contribution in [-0.2, 0) is 0 Å². The number of aromatic hydroxyl groups is 1. The Labute approximate surface area is 121 Å². The van der Waals surface area contributed by atoms with E-state index in [0.717, 1.165) is 25.2 Å². The van der Waals surface area contributed by atoms with E-state index in [4.69, 9.17) is 0 Å². The first-order valence-corrected chi connectivity index (χ1v) is 7.34. The van der Waals surface area contributed by atoms with Crippen molar-refractivity contribution in [2.75, 3.05) is 33.7 Å². The average Bonchev–Trinajstić information content (AvgIpc) is 2.40. The summed E-state index contributed by atoms with van der Waals surface area (Å²) in [5, 5.41) is 9.88. The summed E-state index contributed by atoms with van der Waals surface area (Å²) in [6, 6.07) is 4.38. The van der Waals surface area contributed by atoms with Crippen molar-refractivity contribution in [1.29, 1.82) is 0 Å². The Morgan fingerprint density at radius 3 is 2.65 bits per heavy atom. The summed E-state index contributed by atoms with van der Waals surface area (Å²) < 4.78 is 13.0. The van der Waals surface area contributed by atoms with Crippen molar-refractivity contribution in [3.8, 4) is 5.75 Å². The molecular weight excluding hydrogens is 255 g/mol. The molecule has 1 unspecified atom stereocenters. The second-order valence-electron chi connectivity index (χ2n) is 6.07. The molecule has 0 saturated carbocycles. The average molecular weight is 280 g/mol. The normalized spacial score (nSPS) is 19.4. The number of nitrogens with zero attached hydrogens (tertiary/aromatic N) is 2. The van der Waals surface area contributed by atoms with Crippen LogP contribution in [0.5, 0.6) is 5.75 Å². The smallest absolute Gasteiger partial charge is 0.126 e. The Morgan fingerprint density at radius 1 is 1.40 bits per heavy atom.